The van der Waals surface area contributed by atoms with Crippen LogP contribution in [0.5, 0.6) is 0 Å². The molecule has 0 aliphatic rings. The maximum Gasteiger partial charge on any atom is 0.121 e. The van der Waals surface area contributed by atoms with Crippen LogP contribution in [-0.4, -0.2) is 9.97 Å². The summed E-state index contributed by atoms with van der Waals surface area (Å²) in [5.74, 6) is 1.17. The number of hydrogen-bond acceptors (Lipinski definition) is 1. The van der Waals surface area contributed by atoms with E-state index in [9.17, 15) is 0 Å². The lowest BCUT2D eigenvalue weighted by molar-refractivity contribution is 1.10. The van der Waals surface area contributed by atoms with Crippen molar-refractivity contribution in [2.45, 2.75) is 12.8 Å². The van der Waals surface area contributed by atoms with Crippen molar-refractivity contribution >= 4 is 23.2 Å². The van der Waals surface area contributed by atoms with E-state index in [4.69, 9.17) is 23.2 Å². The van der Waals surface area contributed by atoms with Crippen LogP contribution in [0.1, 0.15) is 11.5 Å². The van der Waals surface area contributed by atoms with E-state index in [1.807, 2.05) is 31.2 Å². The lowest BCUT2D eigenvalue weighted by Crippen LogP contribution is -1.81. The molecule has 0 amide bonds. The van der Waals surface area contributed by atoms with Crippen LogP contribution in [0.15, 0.2) is 24.3 Å². The molecule has 0 atom stereocenters. The van der Waals surface area contributed by atoms with Crippen LogP contribution in [0.2, 0.25) is 5.02 Å². The Morgan fingerprint density at radius 1 is 1.40 bits per heavy atom. The third-order valence-electron chi connectivity index (χ3n) is 2.16. The van der Waals surface area contributed by atoms with E-state index < -0.39 is 0 Å². The molecule has 1 aromatic heterocycles. The highest BCUT2D eigenvalue weighted by Gasteiger charge is 2.08. The quantitative estimate of drug-likeness (QED) is 0.796. The number of nitrogens with zero attached hydrogens (tertiary/aromatic N) is 1. The Labute approximate surface area is 98.3 Å². The highest BCUT2D eigenvalue weighted by molar-refractivity contribution is 6.30. The molecule has 0 unspecified atom stereocenters. The molecule has 0 aliphatic heterocycles. The van der Waals surface area contributed by atoms with E-state index in [0.717, 1.165) is 22.8 Å². The maximum absolute atomic E-state index is 5.92. The summed E-state index contributed by atoms with van der Waals surface area (Å²) in [6.07, 6.45) is 0. The van der Waals surface area contributed by atoms with Gasteiger partial charge in [0.1, 0.15) is 5.82 Å². The first-order chi connectivity index (χ1) is 7.20. The zero-order valence-electron chi connectivity index (χ0n) is 8.22. The van der Waals surface area contributed by atoms with E-state index >= 15 is 0 Å². The number of hydrogen-bond donors (Lipinski definition) is 1. The number of alkyl halides is 1. The topological polar surface area (TPSA) is 28.7 Å². The fraction of sp³-hybridized carbons (Fsp3) is 0.182. The molecule has 1 N–H and O–H groups in total. The Balaban J connectivity index is 2.48. The number of benzene rings is 1. The van der Waals surface area contributed by atoms with Crippen molar-refractivity contribution in [2.24, 2.45) is 0 Å². The number of rotatable bonds is 2. The van der Waals surface area contributed by atoms with Gasteiger partial charge in [0.05, 0.1) is 11.6 Å². The van der Waals surface area contributed by atoms with Crippen molar-refractivity contribution in [1.82, 2.24) is 9.97 Å². The summed E-state index contributed by atoms with van der Waals surface area (Å²) in [5.41, 5.74) is 2.92. The highest BCUT2D eigenvalue weighted by Crippen LogP contribution is 2.24. The van der Waals surface area contributed by atoms with Gasteiger partial charge in [-0.2, -0.15) is 0 Å². The first-order valence-electron chi connectivity index (χ1n) is 4.58. The Bertz CT molecular complexity index is 477. The number of aryl methyl sites for hydroxylation is 1. The molecule has 2 rings (SSSR count). The summed E-state index contributed by atoms with van der Waals surface area (Å²) in [7, 11) is 0. The van der Waals surface area contributed by atoms with Crippen LogP contribution in [0, 0.1) is 6.92 Å². The zero-order chi connectivity index (χ0) is 10.8. The second kappa shape index (κ2) is 4.25. The molecule has 4 heteroatoms. The van der Waals surface area contributed by atoms with Crippen molar-refractivity contribution < 1.29 is 0 Å². The molecule has 0 bridgehead atoms. The molecule has 0 fully saturated rings. The lowest BCUT2D eigenvalue weighted by Gasteiger charge is -1.98. The average molecular weight is 241 g/mol. The van der Waals surface area contributed by atoms with Crippen molar-refractivity contribution in [3.63, 3.8) is 0 Å². The van der Waals surface area contributed by atoms with Gasteiger partial charge in [0.15, 0.2) is 0 Å². The smallest absolute Gasteiger partial charge is 0.121 e. The predicted molar refractivity (Wildman–Crippen MR) is 63.3 cm³/mol. The molecule has 2 aromatic rings. The summed E-state index contributed by atoms with van der Waals surface area (Å²) < 4.78 is 0. The number of aromatic amines is 1. The highest BCUT2D eigenvalue weighted by atomic mass is 35.5. The average Bonchev–Trinajstić information content (AvgIpc) is 2.60. The second-order valence-electron chi connectivity index (χ2n) is 3.30. The van der Waals surface area contributed by atoms with E-state index in [-0.39, 0.29) is 0 Å². The fourth-order valence-electron chi connectivity index (χ4n) is 1.50. The number of aromatic nitrogens is 2. The second-order valence-corrected chi connectivity index (χ2v) is 4.00. The van der Waals surface area contributed by atoms with Gasteiger partial charge >= 0.3 is 0 Å². The molecule has 0 radical (unpaired) electrons. The largest absolute Gasteiger partial charge is 0.345 e. The van der Waals surface area contributed by atoms with Crippen LogP contribution < -0.4 is 0 Å². The van der Waals surface area contributed by atoms with Crippen molar-refractivity contribution in [1.29, 1.82) is 0 Å². The minimum absolute atomic E-state index is 0.390. The minimum atomic E-state index is 0.390. The van der Waals surface area contributed by atoms with Gasteiger partial charge in [-0.15, -0.1) is 11.6 Å². The van der Waals surface area contributed by atoms with E-state index in [0.29, 0.717) is 10.9 Å². The fourth-order valence-corrected chi connectivity index (χ4v) is 1.82. The van der Waals surface area contributed by atoms with Crippen LogP contribution in [-0.2, 0) is 5.88 Å². The number of halogens is 2. The Kier molecular flexibility index (Phi) is 2.98. The van der Waals surface area contributed by atoms with Crippen molar-refractivity contribution in [3.05, 3.63) is 40.8 Å². The van der Waals surface area contributed by atoms with Crippen LogP contribution in [0.4, 0.5) is 0 Å². The van der Waals surface area contributed by atoms with E-state index in [2.05, 4.69) is 9.97 Å². The van der Waals surface area contributed by atoms with Gasteiger partial charge < -0.3 is 4.98 Å². The van der Waals surface area contributed by atoms with Crippen LogP contribution >= 0.6 is 23.2 Å². The Morgan fingerprint density at radius 2 is 2.20 bits per heavy atom. The zero-order valence-corrected chi connectivity index (χ0v) is 9.73. The summed E-state index contributed by atoms with van der Waals surface area (Å²) in [6.45, 7) is 1.97. The van der Waals surface area contributed by atoms with Crippen LogP contribution in [0.3, 0.4) is 0 Å². The van der Waals surface area contributed by atoms with Gasteiger partial charge in [0, 0.05) is 16.3 Å². The molecule has 2 nitrogen and oxygen atoms in total. The van der Waals surface area contributed by atoms with E-state index in [1.165, 1.54) is 0 Å². The minimum Gasteiger partial charge on any atom is -0.345 e. The molecular weight excluding hydrogens is 231 g/mol. The molecule has 0 saturated carbocycles. The molecule has 0 aliphatic carbocycles. The van der Waals surface area contributed by atoms with Gasteiger partial charge in [-0.25, -0.2) is 4.98 Å². The predicted octanol–water partition coefficient (Wildman–Crippen LogP) is 3.78. The standard InChI is InChI=1S/C11H10Cl2N2/c1-7-11(15-10(6-12)14-7)8-3-2-4-9(13)5-8/h2-5H,6H2,1H3,(H,14,15). The molecule has 78 valence electrons. The van der Waals surface area contributed by atoms with Crippen LogP contribution in [0.25, 0.3) is 11.3 Å². The first kappa shape index (κ1) is 10.5. The molecule has 1 aromatic carbocycles. The maximum atomic E-state index is 5.92. The van der Waals surface area contributed by atoms with Gasteiger partial charge in [-0.1, -0.05) is 23.7 Å². The monoisotopic (exact) mass is 240 g/mol. The van der Waals surface area contributed by atoms with Gasteiger partial charge in [-0.3, -0.25) is 0 Å². The van der Waals surface area contributed by atoms with Gasteiger partial charge in [0.25, 0.3) is 0 Å². The summed E-state index contributed by atoms with van der Waals surface area (Å²) in [5, 5.41) is 0.710. The SMILES string of the molecule is Cc1[nH]c(CCl)nc1-c1cccc(Cl)c1. The van der Waals surface area contributed by atoms with Gasteiger partial charge in [0.2, 0.25) is 0 Å². The molecule has 15 heavy (non-hydrogen) atoms. The Hall–Kier alpha value is -0.990. The Morgan fingerprint density at radius 3 is 2.80 bits per heavy atom. The summed E-state index contributed by atoms with van der Waals surface area (Å²) >= 11 is 11.6. The number of H-pyrrole nitrogens is 1. The van der Waals surface area contributed by atoms with Crippen molar-refractivity contribution in [3.8, 4) is 11.3 Å². The van der Waals surface area contributed by atoms with E-state index in [1.54, 1.807) is 0 Å². The summed E-state index contributed by atoms with van der Waals surface area (Å²) in [6, 6.07) is 7.62. The molecule has 0 saturated heterocycles. The lowest BCUT2D eigenvalue weighted by atomic mass is 10.1. The molecular formula is C11H10Cl2N2. The van der Waals surface area contributed by atoms with Gasteiger partial charge in [-0.05, 0) is 19.1 Å². The third kappa shape index (κ3) is 2.16. The first-order valence-corrected chi connectivity index (χ1v) is 5.49. The molecule has 0 spiro atoms. The number of nitrogens with one attached hydrogen (secondary N) is 1. The number of imidazole rings is 1. The normalized spacial score (nSPS) is 10.6. The molecule has 1 heterocycles. The third-order valence-corrected chi connectivity index (χ3v) is 2.65. The summed E-state index contributed by atoms with van der Waals surface area (Å²) in [4.78, 5) is 7.52. The van der Waals surface area contributed by atoms with Crippen molar-refractivity contribution in [2.75, 3.05) is 0 Å².